The van der Waals surface area contributed by atoms with E-state index in [0.717, 1.165) is 22.4 Å². The van der Waals surface area contributed by atoms with Crippen LogP contribution in [0.3, 0.4) is 0 Å². The number of nitrogens with one attached hydrogen (secondary N) is 2. The third kappa shape index (κ3) is 5.43. The molecule has 0 saturated heterocycles. The summed E-state index contributed by atoms with van der Waals surface area (Å²) in [6.07, 6.45) is 0. The summed E-state index contributed by atoms with van der Waals surface area (Å²) in [5, 5.41) is 5.21. The highest BCUT2D eigenvalue weighted by molar-refractivity contribution is 6.35. The van der Waals surface area contributed by atoms with Crippen molar-refractivity contribution in [1.82, 2.24) is 10.6 Å². The van der Waals surface area contributed by atoms with Crippen molar-refractivity contribution in [2.75, 3.05) is 6.61 Å². The summed E-state index contributed by atoms with van der Waals surface area (Å²) in [6, 6.07) is 15.2. The molecule has 0 aromatic heterocycles. The molecule has 0 aliphatic heterocycles. The SMILES string of the molecule is CCOc1ccc(CNC(=O)C(=O)NCc2ccc(C)cc2)cc1. The van der Waals surface area contributed by atoms with Crippen LogP contribution in [0.5, 0.6) is 5.75 Å². The average Bonchev–Trinajstić information content (AvgIpc) is 2.60. The Morgan fingerprint density at radius 2 is 1.29 bits per heavy atom. The molecule has 0 heterocycles. The Morgan fingerprint density at radius 3 is 1.75 bits per heavy atom. The second-order valence-electron chi connectivity index (χ2n) is 5.43. The molecular weight excluding hydrogens is 304 g/mol. The van der Waals surface area contributed by atoms with Gasteiger partial charge in [-0.25, -0.2) is 0 Å². The average molecular weight is 326 g/mol. The molecule has 0 radical (unpaired) electrons. The zero-order chi connectivity index (χ0) is 17.4. The van der Waals surface area contributed by atoms with Crippen molar-refractivity contribution >= 4 is 11.8 Å². The lowest BCUT2D eigenvalue weighted by atomic mass is 10.1. The lowest BCUT2D eigenvalue weighted by molar-refractivity contribution is -0.139. The molecule has 0 aliphatic rings. The number of rotatable bonds is 6. The number of hydrogen-bond acceptors (Lipinski definition) is 3. The summed E-state index contributed by atoms with van der Waals surface area (Å²) < 4.78 is 5.35. The van der Waals surface area contributed by atoms with Crippen molar-refractivity contribution in [2.45, 2.75) is 26.9 Å². The van der Waals surface area contributed by atoms with E-state index >= 15 is 0 Å². The van der Waals surface area contributed by atoms with Crippen LogP contribution < -0.4 is 15.4 Å². The summed E-state index contributed by atoms with van der Waals surface area (Å²) in [4.78, 5) is 23.6. The van der Waals surface area contributed by atoms with Crippen molar-refractivity contribution in [2.24, 2.45) is 0 Å². The highest BCUT2D eigenvalue weighted by atomic mass is 16.5. The van der Waals surface area contributed by atoms with E-state index in [2.05, 4.69) is 10.6 Å². The van der Waals surface area contributed by atoms with Crippen LogP contribution in [0, 0.1) is 6.92 Å². The van der Waals surface area contributed by atoms with Gasteiger partial charge in [-0.1, -0.05) is 42.0 Å². The zero-order valence-electron chi connectivity index (χ0n) is 14.0. The van der Waals surface area contributed by atoms with E-state index < -0.39 is 11.8 Å². The monoisotopic (exact) mass is 326 g/mol. The normalized spacial score (nSPS) is 10.1. The van der Waals surface area contributed by atoms with E-state index in [1.165, 1.54) is 0 Å². The lowest BCUT2D eigenvalue weighted by Crippen LogP contribution is -2.39. The fourth-order valence-electron chi connectivity index (χ4n) is 2.10. The Balaban J connectivity index is 1.76. The first-order valence-electron chi connectivity index (χ1n) is 7.92. The van der Waals surface area contributed by atoms with Gasteiger partial charge in [0.2, 0.25) is 0 Å². The molecule has 0 aliphatic carbocycles. The molecule has 2 rings (SSSR count). The van der Waals surface area contributed by atoms with Crippen LogP contribution in [0.25, 0.3) is 0 Å². The van der Waals surface area contributed by atoms with E-state index in [4.69, 9.17) is 4.74 Å². The van der Waals surface area contributed by atoms with Gasteiger partial charge in [0.1, 0.15) is 5.75 Å². The summed E-state index contributed by atoms with van der Waals surface area (Å²) in [5.41, 5.74) is 3.00. The number of benzene rings is 2. The van der Waals surface area contributed by atoms with Gasteiger partial charge < -0.3 is 15.4 Å². The first kappa shape index (κ1) is 17.5. The summed E-state index contributed by atoms with van der Waals surface area (Å²) in [6.45, 7) is 5.15. The number of ether oxygens (including phenoxy) is 1. The van der Waals surface area contributed by atoms with E-state index in [1.54, 1.807) is 0 Å². The van der Waals surface area contributed by atoms with Gasteiger partial charge in [0.05, 0.1) is 6.61 Å². The molecule has 24 heavy (non-hydrogen) atoms. The largest absolute Gasteiger partial charge is 0.494 e. The minimum atomic E-state index is -0.643. The molecule has 126 valence electrons. The Labute approximate surface area is 142 Å². The maximum Gasteiger partial charge on any atom is 0.309 e. The minimum absolute atomic E-state index is 0.295. The molecule has 2 aromatic rings. The van der Waals surface area contributed by atoms with Crippen LogP contribution in [0.4, 0.5) is 0 Å². The number of amides is 2. The van der Waals surface area contributed by atoms with Gasteiger partial charge in [-0.15, -0.1) is 0 Å². The van der Waals surface area contributed by atoms with Gasteiger partial charge in [-0.05, 0) is 37.1 Å². The first-order chi connectivity index (χ1) is 11.6. The third-order valence-electron chi connectivity index (χ3n) is 3.47. The van der Waals surface area contributed by atoms with E-state index in [1.807, 2.05) is 62.4 Å². The highest BCUT2D eigenvalue weighted by Gasteiger charge is 2.12. The predicted molar refractivity (Wildman–Crippen MR) is 92.5 cm³/mol. The van der Waals surface area contributed by atoms with Crippen LogP contribution in [-0.4, -0.2) is 18.4 Å². The Bertz CT molecular complexity index is 679. The van der Waals surface area contributed by atoms with Crippen molar-refractivity contribution in [3.8, 4) is 5.75 Å². The van der Waals surface area contributed by atoms with E-state index in [9.17, 15) is 9.59 Å². The topological polar surface area (TPSA) is 67.4 Å². The maximum absolute atomic E-state index is 11.8. The second-order valence-corrected chi connectivity index (χ2v) is 5.43. The molecule has 0 fully saturated rings. The Kier molecular flexibility index (Phi) is 6.37. The summed E-state index contributed by atoms with van der Waals surface area (Å²) in [7, 11) is 0. The number of aryl methyl sites for hydroxylation is 1. The molecule has 2 amide bonds. The molecule has 0 unspecified atom stereocenters. The molecule has 5 nitrogen and oxygen atoms in total. The maximum atomic E-state index is 11.8. The molecule has 2 N–H and O–H groups in total. The van der Waals surface area contributed by atoms with Gasteiger partial charge in [0.15, 0.2) is 0 Å². The standard InChI is InChI=1S/C19H22N2O3/c1-3-24-17-10-8-16(9-11-17)13-21-19(23)18(22)20-12-15-6-4-14(2)5-7-15/h4-11H,3,12-13H2,1-2H3,(H,20,22)(H,21,23). The van der Waals surface area contributed by atoms with Gasteiger partial charge in [-0.3, -0.25) is 9.59 Å². The van der Waals surface area contributed by atoms with Crippen molar-refractivity contribution in [3.05, 3.63) is 65.2 Å². The first-order valence-corrected chi connectivity index (χ1v) is 7.92. The van der Waals surface area contributed by atoms with Crippen molar-refractivity contribution < 1.29 is 14.3 Å². The minimum Gasteiger partial charge on any atom is -0.494 e. The van der Waals surface area contributed by atoms with Gasteiger partial charge >= 0.3 is 11.8 Å². The van der Waals surface area contributed by atoms with Crippen LogP contribution >= 0.6 is 0 Å². The molecule has 0 bridgehead atoms. The van der Waals surface area contributed by atoms with Crippen LogP contribution in [0.2, 0.25) is 0 Å². The quantitative estimate of drug-likeness (QED) is 0.801. The Hall–Kier alpha value is -2.82. The molecule has 0 atom stereocenters. The van der Waals surface area contributed by atoms with Crippen LogP contribution in [0.15, 0.2) is 48.5 Å². The summed E-state index contributed by atoms with van der Waals surface area (Å²) >= 11 is 0. The highest BCUT2D eigenvalue weighted by Crippen LogP contribution is 2.11. The van der Waals surface area contributed by atoms with Gasteiger partial charge in [-0.2, -0.15) is 0 Å². The Morgan fingerprint density at radius 1 is 0.833 bits per heavy atom. The smallest absolute Gasteiger partial charge is 0.309 e. The van der Waals surface area contributed by atoms with Crippen molar-refractivity contribution in [1.29, 1.82) is 0 Å². The second kappa shape index (κ2) is 8.72. The molecule has 0 saturated carbocycles. The summed E-state index contributed by atoms with van der Waals surface area (Å²) in [5.74, 6) is -0.499. The van der Waals surface area contributed by atoms with Gasteiger partial charge in [0, 0.05) is 13.1 Å². The van der Waals surface area contributed by atoms with Gasteiger partial charge in [0.25, 0.3) is 0 Å². The van der Waals surface area contributed by atoms with E-state index in [-0.39, 0.29) is 0 Å². The predicted octanol–water partition coefficient (Wildman–Crippen LogP) is 2.33. The molecule has 0 spiro atoms. The fraction of sp³-hybridized carbons (Fsp3) is 0.263. The van der Waals surface area contributed by atoms with E-state index in [0.29, 0.717) is 19.7 Å². The molecular formula is C19H22N2O3. The molecule has 2 aromatic carbocycles. The number of carbonyl (C=O) groups excluding carboxylic acids is 2. The lowest BCUT2D eigenvalue weighted by Gasteiger charge is -2.08. The number of carbonyl (C=O) groups is 2. The number of hydrogen-bond donors (Lipinski definition) is 2. The molecule has 5 heteroatoms. The van der Waals surface area contributed by atoms with Crippen LogP contribution in [0.1, 0.15) is 23.6 Å². The fourth-order valence-corrected chi connectivity index (χ4v) is 2.10. The van der Waals surface area contributed by atoms with Crippen LogP contribution in [-0.2, 0) is 22.7 Å². The third-order valence-corrected chi connectivity index (χ3v) is 3.47. The van der Waals surface area contributed by atoms with Crippen molar-refractivity contribution in [3.63, 3.8) is 0 Å². The zero-order valence-corrected chi connectivity index (χ0v) is 14.0.